The summed E-state index contributed by atoms with van der Waals surface area (Å²) in [7, 11) is 1.89. The van der Waals surface area contributed by atoms with Crippen LogP contribution in [0.1, 0.15) is 47.2 Å². The minimum Gasteiger partial charge on any atom is -0.493 e. The number of fused-ring (bicyclic) bond motifs is 2. The van der Waals surface area contributed by atoms with Crippen LogP contribution in [0, 0.1) is 0 Å². The molecule has 0 saturated carbocycles. The number of rotatable bonds is 6. The number of aromatic nitrogens is 1. The van der Waals surface area contributed by atoms with Crippen LogP contribution in [0.4, 0.5) is 5.82 Å². The Morgan fingerprint density at radius 1 is 1.00 bits per heavy atom. The van der Waals surface area contributed by atoms with Gasteiger partial charge in [-0.2, -0.15) is 0 Å². The minimum atomic E-state index is 0.606. The summed E-state index contributed by atoms with van der Waals surface area (Å²) in [5.41, 5.74) is 6.87. The lowest BCUT2D eigenvalue weighted by molar-refractivity contribution is 0.320. The van der Waals surface area contributed by atoms with Crippen LogP contribution in [0.15, 0.2) is 60.7 Å². The molecule has 0 radical (unpaired) electrons. The van der Waals surface area contributed by atoms with Crippen molar-refractivity contribution in [2.45, 2.75) is 38.5 Å². The van der Waals surface area contributed by atoms with Gasteiger partial charge in [-0.25, -0.2) is 4.98 Å². The molecule has 28 heavy (non-hydrogen) atoms. The first-order chi connectivity index (χ1) is 13.8. The average molecular weight is 373 g/mol. The molecule has 1 aliphatic rings. The first-order valence-electron chi connectivity index (χ1n) is 10.2. The second kappa shape index (κ2) is 8.47. The Morgan fingerprint density at radius 2 is 1.89 bits per heavy atom. The third-order valence-corrected chi connectivity index (χ3v) is 5.70. The third-order valence-electron chi connectivity index (χ3n) is 5.70. The van der Waals surface area contributed by atoms with E-state index in [2.05, 4.69) is 59.7 Å². The maximum atomic E-state index is 6.07. The van der Waals surface area contributed by atoms with E-state index in [1.165, 1.54) is 28.7 Å². The highest BCUT2D eigenvalue weighted by Gasteiger charge is 2.20. The molecule has 144 valence electrons. The van der Waals surface area contributed by atoms with E-state index in [4.69, 9.17) is 4.74 Å². The number of hydrogen-bond donors (Lipinski definition) is 1. The monoisotopic (exact) mass is 372 g/mol. The van der Waals surface area contributed by atoms with Crippen LogP contribution >= 0.6 is 0 Å². The Balaban J connectivity index is 1.48. The molecule has 2 aromatic carbocycles. The molecule has 1 heterocycles. The van der Waals surface area contributed by atoms with Crippen LogP contribution in [0.5, 0.6) is 5.75 Å². The molecular weight excluding hydrogens is 344 g/mol. The Labute approximate surface area is 167 Å². The van der Waals surface area contributed by atoms with Crippen molar-refractivity contribution in [3.63, 3.8) is 0 Å². The Hall–Kier alpha value is -2.81. The van der Waals surface area contributed by atoms with E-state index in [1.807, 2.05) is 25.2 Å². The van der Waals surface area contributed by atoms with E-state index < -0.39 is 0 Å². The highest BCUT2D eigenvalue weighted by molar-refractivity contribution is 5.45. The van der Waals surface area contributed by atoms with E-state index in [1.54, 1.807) is 0 Å². The van der Waals surface area contributed by atoms with E-state index in [9.17, 15) is 0 Å². The van der Waals surface area contributed by atoms with Crippen LogP contribution in [0.25, 0.3) is 0 Å². The summed E-state index contributed by atoms with van der Waals surface area (Å²) in [6, 6.07) is 21.6. The van der Waals surface area contributed by atoms with Gasteiger partial charge in [0.25, 0.3) is 0 Å². The van der Waals surface area contributed by atoms with E-state index in [0.29, 0.717) is 12.5 Å². The van der Waals surface area contributed by atoms with E-state index in [0.717, 1.165) is 36.5 Å². The minimum absolute atomic E-state index is 0.606. The van der Waals surface area contributed by atoms with Gasteiger partial charge in [0.05, 0.1) is 6.61 Å². The predicted molar refractivity (Wildman–Crippen MR) is 115 cm³/mol. The number of nitrogens with one attached hydrogen (secondary N) is 1. The van der Waals surface area contributed by atoms with Gasteiger partial charge < -0.3 is 10.1 Å². The summed E-state index contributed by atoms with van der Waals surface area (Å²) >= 11 is 0. The molecule has 3 heteroatoms. The van der Waals surface area contributed by atoms with Gasteiger partial charge in [0.1, 0.15) is 11.6 Å². The molecule has 0 amide bonds. The van der Waals surface area contributed by atoms with Crippen molar-refractivity contribution in [1.29, 1.82) is 0 Å². The number of hydrogen-bond acceptors (Lipinski definition) is 3. The fourth-order valence-corrected chi connectivity index (χ4v) is 4.13. The first kappa shape index (κ1) is 18.5. The number of nitrogens with zero attached hydrogens (tertiary/aromatic N) is 1. The van der Waals surface area contributed by atoms with Gasteiger partial charge in [0.2, 0.25) is 0 Å². The summed E-state index contributed by atoms with van der Waals surface area (Å²) < 4.78 is 6.07. The lowest BCUT2D eigenvalue weighted by Gasteiger charge is -2.15. The zero-order valence-electron chi connectivity index (χ0n) is 16.7. The first-order valence-corrected chi connectivity index (χ1v) is 10.2. The van der Waals surface area contributed by atoms with Gasteiger partial charge in [-0.1, -0.05) is 43.3 Å². The fraction of sp³-hybridized carbons (Fsp3) is 0.320. The highest BCUT2D eigenvalue weighted by atomic mass is 16.5. The van der Waals surface area contributed by atoms with Crippen LogP contribution in [-0.2, 0) is 19.3 Å². The summed E-state index contributed by atoms with van der Waals surface area (Å²) in [5.74, 6) is 2.46. The van der Waals surface area contributed by atoms with Gasteiger partial charge in [0.15, 0.2) is 0 Å². The van der Waals surface area contributed by atoms with Crippen molar-refractivity contribution in [1.82, 2.24) is 4.98 Å². The molecule has 0 saturated heterocycles. The van der Waals surface area contributed by atoms with Gasteiger partial charge in [-0.05, 0) is 71.7 Å². The van der Waals surface area contributed by atoms with Crippen LogP contribution in [-0.4, -0.2) is 18.6 Å². The quantitative estimate of drug-likeness (QED) is 0.630. The lowest BCUT2D eigenvalue weighted by atomic mass is 9.89. The molecule has 0 spiro atoms. The summed E-state index contributed by atoms with van der Waals surface area (Å²) in [6.45, 7) is 2.92. The molecule has 0 aliphatic heterocycles. The maximum absolute atomic E-state index is 6.07. The lowest BCUT2D eigenvalue weighted by Crippen LogP contribution is -2.05. The maximum Gasteiger partial charge on any atom is 0.125 e. The van der Waals surface area contributed by atoms with Gasteiger partial charge in [0, 0.05) is 19.2 Å². The Kier molecular flexibility index (Phi) is 5.61. The molecule has 0 bridgehead atoms. The molecule has 0 unspecified atom stereocenters. The number of ether oxygens (including phenoxy) is 1. The SMILES string of the molecule is CC[C@@H]1Cc2ccc(OCCc3cccc(NC)n3)cc2Cc2ccccc21. The van der Waals surface area contributed by atoms with Crippen molar-refractivity contribution >= 4 is 5.82 Å². The Morgan fingerprint density at radius 3 is 2.75 bits per heavy atom. The summed E-state index contributed by atoms with van der Waals surface area (Å²) in [6.07, 6.45) is 4.08. The molecule has 4 rings (SSSR count). The van der Waals surface area contributed by atoms with Crippen LogP contribution < -0.4 is 10.1 Å². The summed E-state index contributed by atoms with van der Waals surface area (Å²) in [4.78, 5) is 4.56. The van der Waals surface area contributed by atoms with Crippen molar-refractivity contribution < 1.29 is 4.74 Å². The van der Waals surface area contributed by atoms with Crippen molar-refractivity contribution in [2.75, 3.05) is 19.0 Å². The zero-order chi connectivity index (χ0) is 19.3. The van der Waals surface area contributed by atoms with Crippen LogP contribution in [0.2, 0.25) is 0 Å². The smallest absolute Gasteiger partial charge is 0.125 e. The summed E-state index contributed by atoms with van der Waals surface area (Å²) in [5, 5.41) is 3.08. The molecule has 0 fully saturated rings. The van der Waals surface area contributed by atoms with Crippen molar-refractivity contribution in [3.8, 4) is 5.75 Å². The predicted octanol–water partition coefficient (Wildman–Crippen LogP) is 5.39. The highest BCUT2D eigenvalue weighted by Crippen LogP contribution is 2.35. The van der Waals surface area contributed by atoms with Gasteiger partial charge >= 0.3 is 0 Å². The largest absolute Gasteiger partial charge is 0.493 e. The number of pyridine rings is 1. The topological polar surface area (TPSA) is 34.1 Å². The molecule has 1 aromatic heterocycles. The van der Waals surface area contributed by atoms with E-state index >= 15 is 0 Å². The molecule has 3 aromatic rings. The molecule has 1 aliphatic carbocycles. The number of benzene rings is 2. The second-order valence-corrected chi connectivity index (χ2v) is 7.48. The molecular formula is C25H28N2O. The molecule has 1 N–H and O–H groups in total. The fourth-order valence-electron chi connectivity index (χ4n) is 4.13. The molecule has 1 atom stereocenters. The third kappa shape index (κ3) is 4.04. The Bertz CT molecular complexity index is 951. The van der Waals surface area contributed by atoms with Crippen LogP contribution in [0.3, 0.4) is 0 Å². The van der Waals surface area contributed by atoms with Crippen molar-refractivity contribution in [2.24, 2.45) is 0 Å². The second-order valence-electron chi connectivity index (χ2n) is 7.48. The standard InChI is InChI=1S/C25H28N2O/c1-3-18-15-19-11-12-23(17-21(19)16-20-7-4-5-9-24(18)20)28-14-13-22-8-6-10-25(26-2)27-22/h4-12,17-18H,3,13-16H2,1-2H3,(H,26,27)/t18-/m1/s1. The van der Waals surface area contributed by atoms with Crippen molar-refractivity contribution in [3.05, 3.63) is 88.6 Å². The van der Waals surface area contributed by atoms with Gasteiger partial charge in [-0.15, -0.1) is 0 Å². The molecule has 3 nitrogen and oxygen atoms in total. The van der Waals surface area contributed by atoms with Gasteiger partial charge in [-0.3, -0.25) is 0 Å². The number of anilines is 1. The normalized spacial score (nSPS) is 15.3. The average Bonchev–Trinajstić information content (AvgIpc) is 2.90. The zero-order valence-corrected chi connectivity index (χ0v) is 16.7. The van der Waals surface area contributed by atoms with E-state index in [-0.39, 0.29) is 0 Å².